The van der Waals surface area contributed by atoms with E-state index >= 15 is 0 Å². The summed E-state index contributed by atoms with van der Waals surface area (Å²) in [6.45, 7) is 1.62. The van der Waals surface area contributed by atoms with E-state index in [2.05, 4.69) is 39.6 Å². The number of benzene rings is 1. The summed E-state index contributed by atoms with van der Waals surface area (Å²) >= 11 is 0. The number of hydrogen-bond acceptors (Lipinski definition) is 3. The lowest BCUT2D eigenvalue weighted by atomic mass is 10.1. The number of nitrogens with zero attached hydrogens (tertiary/aromatic N) is 2. The molecule has 0 aliphatic carbocycles. The van der Waals surface area contributed by atoms with Crippen LogP contribution in [0.4, 0.5) is 0 Å². The molecule has 1 N–H and O–H groups in total. The molecule has 3 nitrogen and oxygen atoms in total. The normalized spacial score (nSPS) is 10.7. The molecule has 0 amide bonds. The minimum Gasteiger partial charge on any atom is -0.307 e. The first kappa shape index (κ1) is 11.8. The van der Waals surface area contributed by atoms with Crippen LogP contribution in [0.5, 0.6) is 0 Å². The van der Waals surface area contributed by atoms with E-state index in [1.165, 1.54) is 10.9 Å². The van der Waals surface area contributed by atoms with E-state index in [1.54, 1.807) is 0 Å². The van der Waals surface area contributed by atoms with Crippen molar-refractivity contribution in [2.24, 2.45) is 0 Å². The molecule has 0 spiro atoms. The van der Waals surface area contributed by atoms with E-state index in [0.717, 1.165) is 24.3 Å². The first-order valence-electron chi connectivity index (χ1n) is 6.36. The second-order valence-corrected chi connectivity index (χ2v) is 4.46. The van der Waals surface area contributed by atoms with Crippen molar-refractivity contribution in [1.29, 1.82) is 0 Å². The third-order valence-electron chi connectivity index (χ3n) is 3.03. The molecular formula is C16H15N3. The quantitative estimate of drug-likeness (QED) is 0.772. The van der Waals surface area contributed by atoms with Gasteiger partial charge in [-0.2, -0.15) is 0 Å². The predicted octanol–water partition coefficient (Wildman–Crippen LogP) is 2.92. The largest absolute Gasteiger partial charge is 0.307 e. The Kier molecular flexibility index (Phi) is 3.47. The van der Waals surface area contributed by atoms with Gasteiger partial charge in [0.15, 0.2) is 0 Å². The van der Waals surface area contributed by atoms with E-state index in [1.807, 2.05) is 36.7 Å². The third-order valence-corrected chi connectivity index (χ3v) is 3.03. The molecule has 94 valence electrons. The van der Waals surface area contributed by atoms with Gasteiger partial charge >= 0.3 is 0 Å². The summed E-state index contributed by atoms with van der Waals surface area (Å²) in [5, 5.41) is 4.58. The number of aromatic nitrogens is 2. The summed E-state index contributed by atoms with van der Waals surface area (Å²) in [7, 11) is 0. The highest BCUT2D eigenvalue weighted by atomic mass is 14.9. The minimum atomic E-state index is 0.784. The Bertz CT molecular complexity index is 665. The smallest absolute Gasteiger partial charge is 0.0702 e. The maximum Gasteiger partial charge on any atom is 0.0702 e. The Morgan fingerprint density at radius 2 is 1.79 bits per heavy atom. The number of rotatable bonds is 4. The number of nitrogens with one attached hydrogen (secondary N) is 1. The Morgan fingerprint density at radius 3 is 2.68 bits per heavy atom. The maximum absolute atomic E-state index is 4.32. The summed E-state index contributed by atoms with van der Waals surface area (Å²) in [6, 6.07) is 16.4. The van der Waals surface area contributed by atoms with Crippen molar-refractivity contribution < 1.29 is 0 Å². The van der Waals surface area contributed by atoms with Gasteiger partial charge in [-0.3, -0.25) is 9.97 Å². The monoisotopic (exact) mass is 249 g/mol. The van der Waals surface area contributed by atoms with Crippen LogP contribution in [0.25, 0.3) is 10.9 Å². The maximum atomic E-state index is 4.32. The Hall–Kier alpha value is -2.26. The summed E-state index contributed by atoms with van der Waals surface area (Å²) in [4.78, 5) is 8.61. The molecule has 3 aromatic rings. The van der Waals surface area contributed by atoms with Crippen LogP contribution in [-0.2, 0) is 13.1 Å². The third kappa shape index (κ3) is 2.95. The van der Waals surface area contributed by atoms with Crippen LogP contribution in [0.3, 0.4) is 0 Å². The van der Waals surface area contributed by atoms with Crippen molar-refractivity contribution in [2.45, 2.75) is 13.1 Å². The molecule has 3 heteroatoms. The van der Waals surface area contributed by atoms with Crippen molar-refractivity contribution in [3.05, 3.63) is 72.2 Å². The van der Waals surface area contributed by atoms with Gasteiger partial charge in [-0.1, -0.05) is 18.2 Å². The molecule has 0 fully saturated rings. The van der Waals surface area contributed by atoms with Gasteiger partial charge in [-0.15, -0.1) is 0 Å². The van der Waals surface area contributed by atoms with Crippen LogP contribution in [0.1, 0.15) is 11.3 Å². The second-order valence-electron chi connectivity index (χ2n) is 4.46. The van der Waals surface area contributed by atoms with E-state index in [0.29, 0.717) is 0 Å². The van der Waals surface area contributed by atoms with Crippen molar-refractivity contribution in [1.82, 2.24) is 15.3 Å². The zero-order valence-corrected chi connectivity index (χ0v) is 10.6. The highest BCUT2D eigenvalue weighted by Gasteiger charge is 1.97. The SMILES string of the molecule is c1ccc(CNCc2ccc3ncccc3c2)nc1. The van der Waals surface area contributed by atoms with Crippen molar-refractivity contribution in [3.8, 4) is 0 Å². The van der Waals surface area contributed by atoms with E-state index in [-0.39, 0.29) is 0 Å². The molecule has 0 unspecified atom stereocenters. The van der Waals surface area contributed by atoms with Crippen LogP contribution in [-0.4, -0.2) is 9.97 Å². The molecule has 0 atom stereocenters. The fraction of sp³-hybridized carbons (Fsp3) is 0.125. The summed E-state index contributed by atoms with van der Waals surface area (Å²) < 4.78 is 0. The molecule has 0 radical (unpaired) electrons. The Balaban J connectivity index is 1.65. The summed E-state index contributed by atoms with van der Waals surface area (Å²) in [6.07, 6.45) is 3.64. The predicted molar refractivity (Wildman–Crippen MR) is 76.5 cm³/mol. The summed E-state index contributed by atoms with van der Waals surface area (Å²) in [5.41, 5.74) is 3.36. The van der Waals surface area contributed by atoms with E-state index in [4.69, 9.17) is 0 Å². The average Bonchev–Trinajstić information content (AvgIpc) is 2.48. The van der Waals surface area contributed by atoms with Crippen LogP contribution in [0.15, 0.2) is 60.9 Å². The molecule has 1 aromatic carbocycles. The first-order chi connectivity index (χ1) is 9.42. The lowest BCUT2D eigenvalue weighted by molar-refractivity contribution is 0.680. The van der Waals surface area contributed by atoms with Gasteiger partial charge < -0.3 is 5.32 Å². The van der Waals surface area contributed by atoms with Crippen LogP contribution >= 0.6 is 0 Å². The zero-order valence-electron chi connectivity index (χ0n) is 10.6. The fourth-order valence-electron chi connectivity index (χ4n) is 2.07. The molecule has 3 rings (SSSR count). The minimum absolute atomic E-state index is 0.784. The van der Waals surface area contributed by atoms with Gasteiger partial charge in [0.2, 0.25) is 0 Å². The molecule has 0 aliphatic rings. The highest BCUT2D eigenvalue weighted by molar-refractivity contribution is 5.78. The standard InChI is InChI=1S/C16H15N3/c1-2-8-18-15(5-1)12-17-11-13-6-7-16-14(10-13)4-3-9-19-16/h1-10,17H,11-12H2. The molecule has 2 heterocycles. The van der Waals surface area contributed by atoms with E-state index < -0.39 is 0 Å². The van der Waals surface area contributed by atoms with Crippen molar-refractivity contribution in [3.63, 3.8) is 0 Å². The fourth-order valence-corrected chi connectivity index (χ4v) is 2.07. The van der Waals surface area contributed by atoms with Gasteiger partial charge in [0.25, 0.3) is 0 Å². The molecule has 0 bridgehead atoms. The van der Waals surface area contributed by atoms with Crippen LogP contribution in [0, 0.1) is 0 Å². The van der Waals surface area contributed by atoms with E-state index in [9.17, 15) is 0 Å². The second kappa shape index (κ2) is 5.59. The van der Waals surface area contributed by atoms with Crippen LogP contribution in [0.2, 0.25) is 0 Å². The van der Waals surface area contributed by atoms with Gasteiger partial charge in [0, 0.05) is 30.9 Å². The highest BCUT2D eigenvalue weighted by Crippen LogP contribution is 2.13. The van der Waals surface area contributed by atoms with Crippen molar-refractivity contribution in [2.75, 3.05) is 0 Å². The first-order valence-corrected chi connectivity index (χ1v) is 6.36. The molecule has 19 heavy (non-hydrogen) atoms. The lowest BCUT2D eigenvalue weighted by Crippen LogP contribution is -2.13. The summed E-state index contributed by atoms with van der Waals surface area (Å²) in [5.74, 6) is 0. The number of fused-ring (bicyclic) bond motifs is 1. The molecule has 0 saturated carbocycles. The zero-order chi connectivity index (χ0) is 12.9. The van der Waals surface area contributed by atoms with Gasteiger partial charge in [0.1, 0.15) is 0 Å². The Labute approximate surface area is 112 Å². The molecule has 2 aromatic heterocycles. The molecular weight excluding hydrogens is 234 g/mol. The van der Waals surface area contributed by atoms with Gasteiger partial charge in [-0.25, -0.2) is 0 Å². The van der Waals surface area contributed by atoms with Gasteiger partial charge in [0.05, 0.1) is 11.2 Å². The average molecular weight is 249 g/mol. The Morgan fingerprint density at radius 1 is 0.842 bits per heavy atom. The topological polar surface area (TPSA) is 37.8 Å². The molecule has 0 aliphatic heterocycles. The van der Waals surface area contributed by atoms with Crippen molar-refractivity contribution >= 4 is 10.9 Å². The number of hydrogen-bond donors (Lipinski definition) is 1. The van der Waals surface area contributed by atoms with Gasteiger partial charge in [-0.05, 0) is 35.9 Å². The van der Waals surface area contributed by atoms with Crippen LogP contribution < -0.4 is 5.32 Å². The number of pyridine rings is 2. The lowest BCUT2D eigenvalue weighted by Gasteiger charge is -2.05. The molecule has 0 saturated heterocycles.